The summed E-state index contributed by atoms with van der Waals surface area (Å²) in [6, 6.07) is 0. The number of nitrogens with one attached hydrogen (secondary N) is 1. The molecule has 0 saturated heterocycles. The first-order valence-electron chi connectivity index (χ1n) is 7.62. The van der Waals surface area contributed by atoms with Gasteiger partial charge in [-0.2, -0.15) is 0 Å². The number of carboxylic acid groups (broad SMARTS) is 1. The molecule has 0 aliphatic carbocycles. The van der Waals surface area contributed by atoms with Crippen LogP contribution in [0.3, 0.4) is 0 Å². The highest BCUT2D eigenvalue weighted by Gasteiger charge is 2.20. The van der Waals surface area contributed by atoms with Gasteiger partial charge in [-0.15, -0.1) is 0 Å². The summed E-state index contributed by atoms with van der Waals surface area (Å²) in [5.41, 5.74) is 4.69. The lowest BCUT2D eigenvalue weighted by atomic mass is 10.3. The van der Waals surface area contributed by atoms with Gasteiger partial charge in [0.25, 0.3) is 0 Å². The van der Waals surface area contributed by atoms with Gasteiger partial charge in [-0.05, 0) is 6.42 Å². The molecular formula is C14H22ClN3O6S. The van der Waals surface area contributed by atoms with Crippen molar-refractivity contribution in [1.29, 1.82) is 0 Å². The van der Waals surface area contributed by atoms with Crippen LogP contribution in [0.2, 0.25) is 5.02 Å². The maximum absolute atomic E-state index is 11.3. The molecule has 1 aromatic rings. The summed E-state index contributed by atoms with van der Waals surface area (Å²) in [4.78, 5) is 28.4. The molecule has 0 bridgehead atoms. The lowest BCUT2D eigenvalue weighted by molar-refractivity contribution is -0.136. The van der Waals surface area contributed by atoms with Crippen LogP contribution in [-0.4, -0.2) is 72.5 Å². The average Bonchev–Trinajstić information content (AvgIpc) is 2.58. The zero-order valence-corrected chi connectivity index (χ0v) is 15.2. The number of rotatable bonds is 14. The van der Waals surface area contributed by atoms with E-state index in [0.717, 1.165) is 11.8 Å². The number of aromatic amines is 1. The second kappa shape index (κ2) is 13.1. The Hall–Kier alpha value is -1.17. The van der Waals surface area contributed by atoms with E-state index in [-0.39, 0.29) is 23.1 Å². The molecule has 1 atom stereocenters. The largest absolute Gasteiger partial charge is 0.480 e. The van der Waals surface area contributed by atoms with Crippen LogP contribution >= 0.6 is 23.4 Å². The fourth-order valence-corrected chi connectivity index (χ4v) is 2.78. The van der Waals surface area contributed by atoms with Crippen molar-refractivity contribution in [3.8, 4) is 0 Å². The zero-order valence-electron chi connectivity index (χ0n) is 13.6. The summed E-state index contributed by atoms with van der Waals surface area (Å²) in [5, 5.41) is 8.93. The van der Waals surface area contributed by atoms with Gasteiger partial charge in [-0.3, -0.25) is 9.78 Å². The Morgan fingerprint density at radius 2 is 1.84 bits per heavy atom. The molecule has 25 heavy (non-hydrogen) atoms. The highest BCUT2D eigenvalue weighted by atomic mass is 35.5. The quantitative estimate of drug-likeness (QED) is 0.231. The lowest BCUT2D eigenvalue weighted by Gasteiger charge is -2.12. The van der Waals surface area contributed by atoms with Crippen molar-refractivity contribution >= 4 is 29.3 Å². The number of nitrogens with two attached hydrogens (primary N) is 1. The topological polar surface area (TPSA) is 137 Å². The lowest BCUT2D eigenvalue weighted by Crippen LogP contribution is -2.21. The molecule has 9 nitrogen and oxygen atoms in total. The summed E-state index contributed by atoms with van der Waals surface area (Å²) in [6.07, 6.45) is 1.44. The fourth-order valence-electron chi connectivity index (χ4n) is 1.64. The number of carbonyl (C=O) groups is 1. The molecule has 1 unspecified atom stereocenters. The molecule has 4 N–H and O–H groups in total. The van der Waals surface area contributed by atoms with Crippen LogP contribution in [0.25, 0.3) is 0 Å². The van der Waals surface area contributed by atoms with Gasteiger partial charge in [0.1, 0.15) is 5.25 Å². The molecule has 1 heterocycles. The zero-order chi connectivity index (χ0) is 18.5. The smallest absolute Gasteiger partial charge is 0.345 e. The Balaban J connectivity index is 2.22. The summed E-state index contributed by atoms with van der Waals surface area (Å²) in [5.74, 6) is -1.02. The molecule has 0 spiro atoms. The van der Waals surface area contributed by atoms with Gasteiger partial charge in [0, 0.05) is 13.2 Å². The van der Waals surface area contributed by atoms with Gasteiger partial charge in [0.15, 0.2) is 0 Å². The van der Waals surface area contributed by atoms with Gasteiger partial charge in [-0.1, -0.05) is 23.4 Å². The molecule has 1 rings (SSSR count). The summed E-state index contributed by atoms with van der Waals surface area (Å²) < 4.78 is 15.8. The third-order valence-electron chi connectivity index (χ3n) is 2.80. The van der Waals surface area contributed by atoms with E-state index in [9.17, 15) is 14.7 Å². The van der Waals surface area contributed by atoms with Crippen LogP contribution in [0.4, 0.5) is 0 Å². The minimum Gasteiger partial charge on any atom is -0.480 e. The second-order valence-electron chi connectivity index (χ2n) is 4.72. The van der Waals surface area contributed by atoms with E-state index < -0.39 is 16.9 Å². The van der Waals surface area contributed by atoms with Crippen molar-refractivity contribution in [2.75, 3.05) is 46.2 Å². The first kappa shape index (κ1) is 21.9. The van der Waals surface area contributed by atoms with Crippen LogP contribution in [0.5, 0.6) is 0 Å². The Morgan fingerprint density at radius 1 is 1.24 bits per heavy atom. The van der Waals surface area contributed by atoms with Crippen LogP contribution in [-0.2, 0) is 19.0 Å². The number of aromatic nitrogens is 2. The van der Waals surface area contributed by atoms with Crippen molar-refractivity contribution < 1.29 is 24.1 Å². The highest BCUT2D eigenvalue weighted by Crippen LogP contribution is 2.28. The number of carboxylic acids is 1. The average molecular weight is 396 g/mol. The number of hydrogen-bond acceptors (Lipinski definition) is 8. The molecule has 0 aliphatic rings. The number of aliphatic carboxylic acids is 1. The minimum absolute atomic E-state index is 0.196. The summed E-state index contributed by atoms with van der Waals surface area (Å²) >= 11 is 6.85. The highest BCUT2D eigenvalue weighted by molar-refractivity contribution is 8.00. The second-order valence-corrected chi connectivity index (χ2v) is 6.34. The molecule has 1 aromatic heterocycles. The number of H-pyrrole nitrogens is 1. The van der Waals surface area contributed by atoms with E-state index in [1.165, 1.54) is 6.20 Å². The van der Waals surface area contributed by atoms with Crippen LogP contribution in [0.15, 0.2) is 16.0 Å². The third kappa shape index (κ3) is 9.78. The van der Waals surface area contributed by atoms with E-state index >= 15 is 0 Å². The molecule has 0 saturated carbocycles. The number of nitrogens with zero attached hydrogens (tertiary/aromatic N) is 1. The van der Waals surface area contributed by atoms with Crippen molar-refractivity contribution in [3.63, 3.8) is 0 Å². The van der Waals surface area contributed by atoms with Gasteiger partial charge >= 0.3 is 11.7 Å². The fraction of sp³-hybridized carbons (Fsp3) is 0.643. The molecule has 142 valence electrons. The normalized spacial score (nSPS) is 12.2. The molecule has 11 heteroatoms. The van der Waals surface area contributed by atoms with Crippen molar-refractivity contribution in [2.24, 2.45) is 5.73 Å². The molecule has 0 radical (unpaired) electrons. The molecular weight excluding hydrogens is 374 g/mol. The van der Waals surface area contributed by atoms with Crippen LogP contribution < -0.4 is 11.4 Å². The van der Waals surface area contributed by atoms with E-state index in [4.69, 9.17) is 31.5 Å². The Kier molecular flexibility index (Phi) is 11.5. The number of halogens is 1. The summed E-state index contributed by atoms with van der Waals surface area (Å²) in [7, 11) is 0. The number of ether oxygens (including phenoxy) is 3. The van der Waals surface area contributed by atoms with Crippen molar-refractivity contribution in [2.45, 2.75) is 16.7 Å². The van der Waals surface area contributed by atoms with E-state index in [0.29, 0.717) is 39.6 Å². The van der Waals surface area contributed by atoms with Gasteiger partial charge in [0.2, 0.25) is 0 Å². The monoisotopic (exact) mass is 395 g/mol. The molecule has 0 aromatic carbocycles. The van der Waals surface area contributed by atoms with Gasteiger partial charge in [-0.25, -0.2) is 9.78 Å². The predicted molar refractivity (Wildman–Crippen MR) is 93.3 cm³/mol. The molecule has 0 fully saturated rings. The standard InChI is InChI=1S/C14H22ClN3O6S/c15-10-9-17-14(21)18-12(10)25-11(13(19)20)1-3-22-5-7-24-8-6-23-4-2-16/h9,11H,1-8,16H2,(H,19,20)(H,17,18,21). The number of hydrogen-bond donors (Lipinski definition) is 3. The molecule has 0 amide bonds. The predicted octanol–water partition coefficient (Wildman–Crippen LogP) is 0.367. The Morgan fingerprint density at radius 3 is 2.44 bits per heavy atom. The van der Waals surface area contributed by atoms with E-state index in [1.807, 2.05) is 0 Å². The number of thioether (sulfide) groups is 1. The van der Waals surface area contributed by atoms with Crippen LogP contribution in [0.1, 0.15) is 6.42 Å². The first-order valence-corrected chi connectivity index (χ1v) is 8.88. The van der Waals surface area contributed by atoms with E-state index in [2.05, 4.69) is 9.97 Å². The molecule has 0 aliphatic heterocycles. The van der Waals surface area contributed by atoms with Gasteiger partial charge < -0.3 is 25.1 Å². The maximum Gasteiger partial charge on any atom is 0.345 e. The van der Waals surface area contributed by atoms with Crippen molar-refractivity contribution in [3.05, 3.63) is 21.7 Å². The maximum atomic E-state index is 11.3. The Labute approximate surface area is 154 Å². The minimum atomic E-state index is -1.02. The first-order chi connectivity index (χ1) is 12.0. The summed E-state index contributed by atoms with van der Waals surface area (Å²) in [6.45, 7) is 2.88. The van der Waals surface area contributed by atoms with Crippen LogP contribution in [0, 0.1) is 0 Å². The Bertz CT molecular complexity index is 574. The third-order valence-corrected chi connectivity index (χ3v) is 4.48. The van der Waals surface area contributed by atoms with Gasteiger partial charge in [0.05, 0.1) is 49.3 Å². The van der Waals surface area contributed by atoms with E-state index in [1.54, 1.807) is 0 Å². The SMILES string of the molecule is NCCOCCOCCOCCC(Sc1[nH]c(=O)ncc1Cl)C(=O)O. The van der Waals surface area contributed by atoms with Crippen molar-refractivity contribution in [1.82, 2.24) is 9.97 Å².